The lowest BCUT2D eigenvalue weighted by Gasteiger charge is -2.46. The van der Waals surface area contributed by atoms with E-state index in [2.05, 4.69) is 17.1 Å². The number of halogens is 1. The van der Waals surface area contributed by atoms with Crippen LogP contribution in [0.1, 0.15) is 38.3 Å². The Morgan fingerprint density at radius 2 is 2.04 bits per heavy atom. The molecule has 1 aliphatic heterocycles. The van der Waals surface area contributed by atoms with Crippen molar-refractivity contribution in [1.82, 2.24) is 0 Å². The minimum Gasteiger partial charge on any atom is -0.378 e. The Morgan fingerprint density at radius 3 is 2.67 bits per heavy atom. The first kappa shape index (κ1) is 17.9. The Bertz CT molecular complexity index is 931. The van der Waals surface area contributed by atoms with Crippen LogP contribution in [-0.4, -0.2) is 11.9 Å². The van der Waals surface area contributed by atoms with Crippen LogP contribution in [0.3, 0.4) is 0 Å². The molecular weight excluding hydrogens is 358 g/mol. The number of nitrogens with one attached hydrogen (secondary N) is 1. The molecule has 1 N–H and O–H groups in total. The van der Waals surface area contributed by atoms with E-state index in [4.69, 9.17) is 18.2 Å². The van der Waals surface area contributed by atoms with Gasteiger partial charge in [-0.2, -0.15) is 0 Å². The maximum absolute atomic E-state index is 12.5. The van der Waals surface area contributed by atoms with E-state index in [0.29, 0.717) is 16.6 Å². The molecule has 1 aliphatic carbocycles. The zero-order chi connectivity index (χ0) is 19.1. The second-order valence-corrected chi connectivity index (χ2v) is 8.00. The quantitative estimate of drug-likeness (QED) is 0.681. The largest absolute Gasteiger partial charge is 0.378 e. The molecule has 4 nitrogen and oxygen atoms in total. The van der Waals surface area contributed by atoms with Crippen LogP contribution in [0.2, 0.25) is 5.02 Å². The Hall–Kier alpha value is -2.51. The number of carbonyl (C=O) groups is 1. The van der Waals surface area contributed by atoms with Crippen molar-refractivity contribution in [3.05, 3.63) is 64.5 Å². The summed E-state index contributed by atoms with van der Waals surface area (Å²) in [6.07, 6.45) is 2.33. The smallest absolute Gasteiger partial charge is 0.224 e. The van der Waals surface area contributed by atoms with Gasteiger partial charge < -0.3 is 10.2 Å². The first-order valence-corrected chi connectivity index (χ1v) is 9.70. The van der Waals surface area contributed by atoms with Gasteiger partial charge in [0.1, 0.15) is 0 Å². The zero-order valence-corrected chi connectivity index (χ0v) is 16.2. The minimum absolute atomic E-state index is 0.0152. The monoisotopic (exact) mass is 379 g/mol. The van der Waals surface area contributed by atoms with Crippen molar-refractivity contribution < 1.29 is 4.79 Å². The fraction of sp³-hybridized carbons (Fsp3) is 0.364. The Balaban J connectivity index is 1.82. The standard InChI is InChI=1S/C22H22ClN3O/c1-13-21(25-18-6-4-5-16(23)11-18)19-12-17(24-3)9-10-20(19)26(14(2)27)22(13)15-7-8-15/h4-6,9-13,15,21-22,25H,7-8H2,1-2H3/t13-,21-,22-/m1/s1. The molecule has 5 heteroatoms. The van der Waals surface area contributed by atoms with E-state index in [1.165, 1.54) is 0 Å². The van der Waals surface area contributed by atoms with Crippen LogP contribution in [0.15, 0.2) is 42.5 Å². The van der Waals surface area contributed by atoms with Crippen molar-refractivity contribution in [3.8, 4) is 0 Å². The molecule has 1 amide bonds. The van der Waals surface area contributed by atoms with Crippen LogP contribution >= 0.6 is 11.6 Å². The van der Waals surface area contributed by atoms with Gasteiger partial charge in [-0.3, -0.25) is 4.79 Å². The van der Waals surface area contributed by atoms with Gasteiger partial charge in [0.05, 0.1) is 12.6 Å². The summed E-state index contributed by atoms with van der Waals surface area (Å²) in [5.74, 6) is 0.826. The SMILES string of the molecule is [C-]#[N+]c1ccc2c(c1)[C@H](Nc1cccc(Cl)c1)[C@@H](C)[C@H](C1CC1)N2C(C)=O. The molecule has 27 heavy (non-hydrogen) atoms. The number of nitrogens with zero attached hydrogens (tertiary/aromatic N) is 2. The Morgan fingerprint density at radius 1 is 1.26 bits per heavy atom. The van der Waals surface area contributed by atoms with Crippen LogP contribution in [-0.2, 0) is 4.79 Å². The van der Waals surface area contributed by atoms with Gasteiger partial charge >= 0.3 is 0 Å². The first-order valence-electron chi connectivity index (χ1n) is 9.33. The molecule has 2 aromatic rings. The predicted molar refractivity (Wildman–Crippen MR) is 109 cm³/mol. The van der Waals surface area contributed by atoms with Gasteiger partial charge in [0.25, 0.3) is 0 Å². The predicted octanol–water partition coefficient (Wildman–Crippen LogP) is 5.83. The number of rotatable bonds is 3. The van der Waals surface area contributed by atoms with Gasteiger partial charge in [-0.25, -0.2) is 4.85 Å². The van der Waals surface area contributed by atoms with Crippen LogP contribution in [0.4, 0.5) is 17.1 Å². The van der Waals surface area contributed by atoms with E-state index >= 15 is 0 Å². The summed E-state index contributed by atoms with van der Waals surface area (Å²) in [6.45, 7) is 11.2. The van der Waals surface area contributed by atoms with Crippen molar-refractivity contribution in [2.45, 2.75) is 38.8 Å². The molecule has 1 saturated carbocycles. The highest BCUT2D eigenvalue weighted by Gasteiger charge is 2.47. The number of carbonyl (C=O) groups excluding carboxylic acids is 1. The molecule has 0 bridgehead atoms. The van der Waals surface area contributed by atoms with Crippen LogP contribution in [0.5, 0.6) is 0 Å². The third kappa shape index (κ3) is 3.28. The molecule has 1 heterocycles. The number of benzene rings is 2. The highest BCUT2D eigenvalue weighted by Crippen LogP contribution is 2.50. The van der Waals surface area contributed by atoms with E-state index in [-0.39, 0.29) is 23.9 Å². The molecule has 0 radical (unpaired) electrons. The number of fused-ring (bicyclic) bond motifs is 1. The van der Waals surface area contributed by atoms with E-state index in [0.717, 1.165) is 29.8 Å². The van der Waals surface area contributed by atoms with Crippen molar-refractivity contribution >= 4 is 34.6 Å². The van der Waals surface area contributed by atoms with E-state index in [1.807, 2.05) is 41.3 Å². The molecule has 3 atom stereocenters. The van der Waals surface area contributed by atoms with Gasteiger partial charge in [0.15, 0.2) is 5.69 Å². The zero-order valence-electron chi connectivity index (χ0n) is 15.4. The van der Waals surface area contributed by atoms with Crippen LogP contribution in [0, 0.1) is 18.4 Å². The van der Waals surface area contributed by atoms with E-state index in [9.17, 15) is 4.79 Å². The summed E-state index contributed by atoms with van der Waals surface area (Å²) in [5.41, 5.74) is 3.46. The summed E-state index contributed by atoms with van der Waals surface area (Å²) in [4.78, 5) is 18.1. The van der Waals surface area contributed by atoms with Crippen molar-refractivity contribution in [2.24, 2.45) is 11.8 Å². The van der Waals surface area contributed by atoms with Crippen LogP contribution < -0.4 is 10.2 Å². The van der Waals surface area contributed by atoms with Gasteiger partial charge in [-0.1, -0.05) is 30.7 Å². The van der Waals surface area contributed by atoms with Gasteiger partial charge in [0, 0.05) is 35.3 Å². The van der Waals surface area contributed by atoms with E-state index in [1.54, 1.807) is 13.0 Å². The van der Waals surface area contributed by atoms with Crippen molar-refractivity contribution in [3.63, 3.8) is 0 Å². The molecule has 2 aromatic carbocycles. The lowest BCUT2D eigenvalue weighted by Crippen LogP contribution is -2.51. The molecule has 4 rings (SSSR count). The Kier molecular flexibility index (Phi) is 4.57. The molecule has 0 aromatic heterocycles. The third-order valence-electron chi connectivity index (χ3n) is 5.69. The summed E-state index contributed by atoms with van der Waals surface area (Å²) in [5, 5.41) is 4.31. The maximum atomic E-state index is 12.5. The highest BCUT2D eigenvalue weighted by atomic mass is 35.5. The molecular formula is C22H22ClN3O. The summed E-state index contributed by atoms with van der Waals surface area (Å²) in [6, 6.07) is 13.5. The molecule has 1 fully saturated rings. The second kappa shape index (κ2) is 6.90. The van der Waals surface area contributed by atoms with Crippen molar-refractivity contribution in [2.75, 3.05) is 10.2 Å². The summed E-state index contributed by atoms with van der Waals surface area (Å²) >= 11 is 6.17. The maximum Gasteiger partial charge on any atom is 0.224 e. The summed E-state index contributed by atoms with van der Waals surface area (Å²) < 4.78 is 0. The third-order valence-corrected chi connectivity index (χ3v) is 5.92. The Labute approximate surface area is 165 Å². The fourth-order valence-corrected chi connectivity index (χ4v) is 4.57. The number of amides is 1. The topological polar surface area (TPSA) is 36.7 Å². The van der Waals surface area contributed by atoms with Crippen LogP contribution in [0.25, 0.3) is 4.85 Å². The van der Waals surface area contributed by atoms with Gasteiger partial charge in [-0.15, -0.1) is 0 Å². The molecule has 0 spiro atoms. The van der Waals surface area contributed by atoms with Gasteiger partial charge in [0.2, 0.25) is 5.91 Å². The van der Waals surface area contributed by atoms with Crippen molar-refractivity contribution in [1.29, 1.82) is 0 Å². The van der Waals surface area contributed by atoms with Gasteiger partial charge in [-0.05, 0) is 54.7 Å². The lowest BCUT2D eigenvalue weighted by atomic mass is 9.79. The fourth-order valence-electron chi connectivity index (χ4n) is 4.38. The minimum atomic E-state index is 0.0152. The number of hydrogen-bond donors (Lipinski definition) is 1. The highest BCUT2D eigenvalue weighted by molar-refractivity contribution is 6.30. The number of anilines is 2. The number of hydrogen-bond acceptors (Lipinski definition) is 2. The first-order chi connectivity index (χ1) is 13.0. The average Bonchev–Trinajstić information content (AvgIpc) is 3.47. The molecule has 0 unspecified atom stereocenters. The lowest BCUT2D eigenvalue weighted by molar-refractivity contribution is -0.117. The van der Waals surface area contributed by atoms with E-state index < -0.39 is 0 Å². The normalized spacial score (nSPS) is 24.1. The summed E-state index contributed by atoms with van der Waals surface area (Å²) in [7, 11) is 0. The molecule has 0 saturated heterocycles. The molecule has 138 valence electrons. The molecule has 2 aliphatic rings. The average molecular weight is 380 g/mol. The second-order valence-electron chi connectivity index (χ2n) is 7.56.